The number of imidazole rings is 1. The second-order valence-electron chi connectivity index (χ2n) is 11.5. The summed E-state index contributed by atoms with van der Waals surface area (Å²) in [7, 11) is 0. The summed E-state index contributed by atoms with van der Waals surface area (Å²) in [5, 5.41) is 8.92. The minimum atomic E-state index is -0.625. The highest BCUT2D eigenvalue weighted by molar-refractivity contribution is 5.76. The molecule has 0 amide bonds. The molecule has 222 valence electrons. The number of para-hydroxylation sites is 2. The number of nitrogens with zero attached hydrogens (tertiary/aromatic N) is 5. The fraction of sp³-hybridized carbons (Fsp3) is 0.265. The number of fused-ring (bicyclic) bond motifs is 1. The first-order valence-corrected chi connectivity index (χ1v) is 14.4. The van der Waals surface area contributed by atoms with Gasteiger partial charge in [-0.15, -0.1) is 0 Å². The zero-order valence-corrected chi connectivity index (χ0v) is 23.8. The van der Waals surface area contributed by atoms with Crippen LogP contribution in [0.3, 0.4) is 0 Å². The van der Waals surface area contributed by atoms with Crippen LogP contribution in [0.15, 0.2) is 72.8 Å². The van der Waals surface area contributed by atoms with Crippen LogP contribution in [0.5, 0.6) is 5.88 Å². The Morgan fingerprint density at radius 2 is 1.68 bits per heavy atom. The lowest BCUT2D eigenvalue weighted by atomic mass is 9.78. The molecule has 1 spiro atoms. The molecule has 0 bridgehead atoms. The van der Waals surface area contributed by atoms with Crippen LogP contribution in [-0.2, 0) is 24.3 Å². The molecule has 44 heavy (non-hydrogen) atoms. The van der Waals surface area contributed by atoms with E-state index in [4.69, 9.17) is 19.7 Å². The fourth-order valence-electron chi connectivity index (χ4n) is 6.01. The maximum atomic E-state index is 15.5. The second kappa shape index (κ2) is 11.4. The molecule has 7 nitrogen and oxygen atoms in total. The quantitative estimate of drug-likeness (QED) is 0.212. The van der Waals surface area contributed by atoms with E-state index >= 15 is 8.78 Å². The summed E-state index contributed by atoms with van der Waals surface area (Å²) in [5.41, 5.74) is 2.91. The number of aromatic nitrogens is 3. The largest absolute Gasteiger partial charge is 0.473 e. The van der Waals surface area contributed by atoms with E-state index in [1.54, 1.807) is 18.2 Å². The summed E-state index contributed by atoms with van der Waals surface area (Å²) < 4.78 is 58.4. The summed E-state index contributed by atoms with van der Waals surface area (Å²) in [6, 6.07) is 20.8. The Bertz CT molecular complexity index is 1910. The first kappa shape index (κ1) is 28.1. The topological polar surface area (TPSA) is 76.2 Å². The smallest absolute Gasteiger partial charge is 0.214 e. The zero-order chi connectivity index (χ0) is 30.3. The lowest BCUT2D eigenvalue weighted by Crippen LogP contribution is -2.66. The van der Waals surface area contributed by atoms with Gasteiger partial charge in [0.05, 0.1) is 41.6 Å². The van der Waals surface area contributed by atoms with Gasteiger partial charge in [0.1, 0.15) is 29.9 Å². The zero-order valence-electron chi connectivity index (χ0n) is 23.8. The van der Waals surface area contributed by atoms with Gasteiger partial charge in [0.2, 0.25) is 5.88 Å². The van der Waals surface area contributed by atoms with E-state index in [-0.39, 0.29) is 46.9 Å². The lowest BCUT2D eigenvalue weighted by Gasteiger charge is -2.55. The molecule has 2 aliphatic heterocycles. The van der Waals surface area contributed by atoms with E-state index in [0.29, 0.717) is 17.8 Å². The van der Waals surface area contributed by atoms with Gasteiger partial charge in [-0.25, -0.2) is 23.1 Å². The minimum Gasteiger partial charge on any atom is -0.473 e. The summed E-state index contributed by atoms with van der Waals surface area (Å²) in [6.07, 6.45) is 0.127. The van der Waals surface area contributed by atoms with Gasteiger partial charge < -0.3 is 18.9 Å². The van der Waals surface area contributed by atoms with E-state index in [9.17, 15) is 4.39 Å². The maximum absolute atomic E-state index is 15.5. The molecule has 0 aliphatic carbocycles. The number of hydrogen-bond donors (Lipinski definition) is 0. The Kier molecular flexibility index (Phi) is 7.28. The summed E-state index contributed by atoms with van der Waals surface area (Å²) in [6.45, 7) is 5.08. The van der Waals surface area contributed by atoms with Crippen molar-refractivity contribution in [1.29, 1.82) is 5.26 Å². The SMILES string of the molecule is N#Cc1ccc(COc2cccc(-c3cc(F)c(Cc4nc5ccccc5n4CCN4CC5(COC5)C4)cc3F)n2)c(F)c1. The summed E-state index contributed by atoms with van der Waals surface area (Å²) in [4.78, 5) is 11.5. The van der Waals surface area contributed by atoms with Crippen molar-refractivity contribution in [3.8, 4) is 23.2 Å². The molecule has 2 fully saturated rings. The van der Waals surface area contributed by atoms with E-state index in [0.717, 1.165) is 56.0 Å². The van der Waals surface area contributed by atoms with Crippen LogP contribution in [-0.4, -0.2) is 52.3 Å². The molecule has 4 heterocycles. The highest BCUT2D eigenvalue weighted by Gasteiger charge is 2.48. The Hall–Kier alpha value is -4.72. The van der Waals surface area contributed by atoms with Gasteiger partial charge in [0, 0.05) is 55.2 Å². The van der Waals surface area contributed by atoms with Gasteiger partial charge in [-0.2, -0.15) is 5.26 Å². The van der Waals surface area contributed by atoms with Crippen molar-refractivity contribution in [2.75, 3.05) is 32.8 Å². The van der Waals surface area contributed by atoms with E-state index in [1.807, 2.05) is 30.3 Å². The number of pyridine rings is 1. The summed E-state index contributed by atoms with van der Waals surface area (Å²) >= 11 is 0. The van der Waals surface area contributed by atoms with E-state index < -0.39 is 17.5 Å². The van der Waals surface area contributed by atoms with Crippen molar-refractivity contribution in [2.45, 2.75) is 19.6 Å². The Balaban J connectivity index is 1.09. The molecule has 3 aromatic carbocycles. The van der Waals surface area contributed by atoms with Crippen molar-refractivity contribution < 1.29 is 22.6 Å². The standard InChI is InChI=1S/C34H28F3N5O2/c35-26-12-22(16-38)8-9-23(26)17-44-33-7-3-5-29(40-33)25-15-27(36)24(13-28(25)37)14-32-39-30-4-1-2-6-31(30)42(32)11-10-41-18-34(19-41)20-43-21-34/h1-9,12-13,15H,10-11,14,17-21H2. The number of rotatable bonds is 9. The van der Waals surface area contributed by atoms with Gasteiger partial charge in [-0.3, -0.25) is 0 Å². The van der Waals surface area contributed by atoms with Crippen LogP contribution >= 0.6 is 0 Å². The van der Waals surface area contributed by atoms with Crippen LogP contribution in [0.4, 0.5) is 13.2 Å². The molecule has 0 atom stereocenters. The third-order valence-electron chi connectivity index (χ3n) is 8.35. The minimum absolute atomic E-state index is 0.0126. The third-order valence-corrected chi connectivity index (χ3v) is 8.35. The van der Waals surface area contributed by atoms with Crippen LogP contribution < -0.4 is 4.74 Å². The Morgan fingerprint density at radius 3 is 2.45 bits per heavy atom. The predicted octanol–water partition coefficient (Wildman–Crippen LogP) is 5.89. The fourth-order valence-corrected chi connectivity index (χ4v) is 6.01. The molecule has 0 unspecified atom stereocenters. The number of nitriles is 1. The number of ether oxygens (including phenoxy) is 2. The summed E-state index contributed by atoms with van der Waals surface area (Å²) in [5.74, 6) is -0.970. The lowest BCUT2D eigenvalue weighted by molar-refractivity contribution is -0.189. The molecule has 0 N–H and O–H groups in total. The maximum Gasteiger partial charge on any atom is 0.214 e. The first-order chi connectivity index (χ1) is 21.4. The third kappa shape index (κ3) is 5.41. The number of hydrogen-bond acceptors (Lipinski definition) is 6. The normalized spacial score (nSPS) is 15.6. The molecule has 5 aromatic rings. The van der Waals surface area contributed by atoms with Crippen molar-refractivity contribution >= 4 is 11.0 Å². The number of likely N-dealkylation sites (tertiary alicyclic amines) is 1. The molecule has 2 saturated heterocycles. The average molecular weight is 596 g/mol. The van der Waals surface area contributed by atoms with Crippen molar-refractivity contribution in [3.63, 3.8) is 0 Å². The first-order valence-electron chi connectivity index (χ1n) is 14.4. The van der Waals surface area contributed by atoms with Gasteiger partial charge in [0.25, 0.3) is 0 Å². The van der Waals surface area contributed by atoms with Gasteiger partial charge in [-0.05, 0) is 48.0 Å². The molecule has 7 rings (SSSR count). The van der Waals surface area contributed by atoms with E-state index in [1.165, 1.54) is 18.2 Å². The van der Waals surface area contributed by atoms with Crippen molar-refractivity contribution in [1.82, 2.24) is 19.4 Å². The van der Waals surface area contributed by atoms with Gasteiger partial charge >= 0.3 is 0 Å². The highest BCUT2D eigenvalue weighted by Crippen LogP contribution is 2.37. The Morgan fingerprint density at radius 1 is 0.864 bits per heavy atom. The van der Waals surface area contributed by atoms with E-state index in [2.05, 4.69) is 14.5 Å². The van der Waals surface area contributed by atoms with Crippen LogP contribution in [0.25, 0.3) is 22.3 Å². The monoisotopic (exact) mass is 595 g/mol. The molecule has 2 aromatic heterocycles. The molecular formula is C34H28F3N5O2. The van der Waals surface area contributed by atoms with Crippen molar-refractivity contribution in [2.24, 2.45) is 5.41 Å². The molecular weight excluding hydrogens is 567 g/mol. The van der Waals surface area contributed by atoms with Crippen LogP contribution in [0, 0.1) is 34.2 Å². The van der Waals surface area contributed by atoms with Gasteiger partial charge in [0.15, 0.2) is 0 Å². The molecule has 10 heteroatoms. The number of halogens is 3. The second-order valence-corrected chi connectivity index (χ2v) is 11.5. The Labute approximate surface area is 252 Å². The van der Waals surface area contributed by atoms with Crippen LogP contribution in [0.1, 0.15) is 22.5 Å². The molecule has 2 aliphatic rings. The molecule has 0 saturated carbocycles. The predicted molar refractivity (Wildman–Crippen MR) is 157 cm³/mol. The van der Waals surface area contributed by atoms with Gasteiger partial charge in [-0.1, -0.05) is 24.3 Å². The van der Waals surface area contributed by atoms with Crippen molar-refractivity contribution in [3.05, 3.63) is 113 Å². The average Bonchev–Trinajstić information content (AvgIpc) is 3.33. The number of benzene rings is 3. The highest BCUT2D eigenvalue weighted by atomic mass is 19.1. The van der Waals surface area contributed by atoms with Crippen LogP contribution in [0.2, 0.25) is 0 Å². The molecule has 0 radical (unpaired) electrons.